The van der Waals surface area contributed by atoms with Crippen molar-refractivity contribution in [1.82, 2.24) is 10.3 Å². The monoisotopic (exact) mass is 278 g/mol. The first kappa shape index (κ1) is 13.5. The van der Waals surface area contributed by atoms with Crippen molar-refractivity contribution in [2.45, 2.75) is 6.42 Å². The summed E-state index contributed by atoms with van der Waals surface area (Å²) in [4.78, 5) is 15.6. The van der Waals surface area contributed by atoms with Crippen molar-refractivity contribution in [3.63, 3.8) is 0 Å². The second-order valence-electron chi connectivity index (χ2n) is 3.98. The zero-order valence-corrected chi connectivity index (χ0v) is 10.8. The second-order valence-corrected chi connectivity index (χ2v) is 4.42. The minimum absolute atomic E-state index is 0.226. The van der Waals surface area contributed by atoms with Crippen LogP contribution in [0.1, 0.15) is 15.9 Å². The Morgan fingerprint density at radius 3 is 2.95 bits per heavy atom. The van der Waals surface area contributed by atoms with E-state index in [1.54, 1.807) is 24.4 Å². The lowest BCUT2D eigenvalue weighted by atomic mass is 10.1. The zero-order valence-electron chi connectivity index (χ0n) is 10.1. The van der Waals surface area contributed by atoms with Crippen molar-refractivity contribution in [2.24, 2.45) is 0 Å². The Hall–Kier alpha value is -1.94. The number of halogens is 2. The van der Waals surface area contributed by atoms with E-state index in [1.807, 2.05) is 0 Å². The molecule has 5 heteroatoms. The van der Waals surface area contributed by atoms with Crippen LogP contribution in [0.2, 0.25) is 5.02 Å². The van der Waals surface area contributed by atoms with Crippen LogP contribution in [0.5, 0.6) is 0 Å². The Labute approximate surface area is 115 Å². The predicted octanol–water partition coefficient (Wildman–Crippen LogP) is 2.85. The highest BCUT2D eigenvalue weighted by Gasteiger charge is 2.06. The van der Waals surface area contributed by atoms with Gasteiger partial charge in [-0.15, -0.1) is 0 Å². The normalized spacial score (nSPS) is 10.2. The molecule has 3 nitrogen and oxygen atoms in total. The van der Waals surface area contributed by atoms with Gasteiger partial charge in [0.2, 0.25) is 0 Å². The Morgan fingerprint density at radius 1 is 1.37 bits per heavy atom. The molecule has 0 atom stereocenters. The largest absolute Gasteiger partial charge is 0.352 e. The van der Waals surface area contributed by atoms with Crippen LogP contribution < -0.4 is 5.32 Å². The maximum absolute atomic E-state index is 13.4. The van der Waals surface area contributed by atoms with Crippen LogP contribution in [-0.4, -0.2) is 17.4 Å². The van der Waals surface area contributed by atoms with Gasteiger partial charge in [-0.3, -0.25) is 9.78 Å². The molecule has 0 unspecified atom stereocenters. The molecule has 19 heavy (non-hydrogen) atoms. The first-order valence-electron chi connectivity index (χ1n) is 5.79. The fourth-order valence-corrected chi connectivity index (χ4v) is 1.84. The molecule has 0 aliphatic heterocycles. The van der Waals surface area contributed by atoms with Gasteiger partial charge in [0.05, 0.1) is 5.56 Å². The standard InChI is InChI=1S/C14H12ClFN2O/c15-12-3-4-13(16)10(8-12)5-7-18-14(19)11-2-1-6-17-9-11/h1-4,6,8-9H,5,7H2,(H,18,19). The maximum atomic E-state index is 13.4. The Morgan fingerprint density at radius 2 is 2.21 bits per heavy atom. The number of carbonyl (C=O) groups excluding carboxylic acids is 1. The molecule has 0 bridgehead atoms. The Bertz CT molecular complexity index is 575. The molecule has 2 aromatic rings. The van der Waals surface area contributed by atoms with Gasteiger partial charge in [0, 0.05) is 24.0 Å². The van der Waals surface area contributed by atoms with Gasteiger partial charge in [0.1, 0.15) is 5.82 Å². The smallest absolute Gasteiger partial charge is 0.252 e. The van der Waals surface area contributed by atoms with E-state index in [-0.39, 0.29) is 11.7 Å². The summed E-state index contributed by atoms with van der Waals surface area (Å²) in [7, 11) is 0. The number of hydrogen-bond donors (Lipinski definition) is 1. The van der Waals surface area contributed by atoms with Crippen molar-refractivity contribution in [3.8, 4) is 0 Å². The van der Waals surface area contributed by atoms with E-state index in [0.29, 0.717) is 29.1 Å². The number of aromatic nitrogens is 1. The molecule has 1 aromatic heterocycles. The summed E-state index contributed by atoms with van der Waals surface area (Å²) in [5.41, 5.74) is 0.966. The van der Waals surface area contributed by atoms with E-state index >= 15 is 0 Å². The molecule has 0 spiro atoms. The van der Waals surface area contributed by atoms with Crippen molar-refractivity contribution in [1.29, 1.82) is 0 Å². The lowest BCUT2D eigenvalue weighted by molar-refractivity contribution is 0.0953. The zero-order chi connectivity index (χ0) is 13.7. The third kappa shape index (κ3) is 3.76. The summed E-state index contributed by atoms with van der Waals surface area (Å²) < 4.78 is 13.4. The number of carbonyl (C=O) groups is 1. The van der Waals surface area contributed by atoms with E-state index in [2.05, 4.69) is 10.3 Å². The molecule has 0 aliphatic carbocycles. The van der Waals surface area contributed by atoms with Gasteiger partial charge in [0.25, 0.3) is 5.91 Å². The van der Waals surface area contributed by atoms with Gasteiger partial charge in [-0.2, -0.15) is 0 Å². The third-order valence-electron chi connectivity index (χ3n) is 2.61. The molecule has 1 amide bonds. The molecular weight excluding hydrogens is 267 g/mol. The molecule has 0 saturated heterocycles. The van der Waals surface area contributed by atoms with Crippen LogP contribution in [0, 0.1) is 5.82 Å². The fourth-order valence-electron chi connectivity index (χ4n) is 1.64. The van der Waals surface area contributed by atoms with Gasteiger partial charge in [-0.1, -0.05) is 11.6 Å². The lowest BCUT2D eigenvalue weighted by Gasteiger charge is -2.06. The highest BCUT2D eigenvalue weighted by atomic mass is 35.5. The van der Waals surface area contributed by atoms with E-state index in [4.69, 9.17) is 11.6 Å². The predicted molar refractivity (Wildman–Crippen MR) is 71.7 cm³/mol. The SMILES string of the molecule is O=C(NCCc1cc(Cl)ccc1F)c1cccnc1. The topological polar surface area (TPSA) is 42.0 Å². The van der Waals surface area contributed by atoms with Crippen LogP contribution in [0.4, 0.5) is 4.39 Å². The highest BCUT2D eigenvalue weighted by Crippen LogP contribution is 2.15. The molecule has 2 rings (SSSR count). The number of pyridine rings is 1. The van der Waals surface area contributed by atoms with Crippen LogP contribution in [0.3, 0.4) is 0 Å². The first-order valence-corrected chi connectivity index (χ1v) is 6.17. The third-order valence-corrected chi connectivity index (χ3v) is 2.85. The van der Waals surface area contributed by atoms with E-state index in [1.165, 1.54) is 18.3 Å². The average Bonchev–Trinajstić information content (AvgIpc) is 2.43. The minimum atomic E-state index is -0.319. The van der Waals surface area contributed by atoms with Gasteiger partial charge in [-0.25, -0.2) is 4.39 Å². The van der Waals surface area contributed by atoms with Crippen molar-refractivity contribution >= 4 is 17.5 Å². The van der Waals surface area contributed by atoms with Gasteiger partial charge < -0.3 is 5.32 Å². The lowest BCUT2D eigenvalue weighted by Crippen LogP contribution is -2.25. The molecule has 0 radical (unpaired) electrons. The molecule has 0 fully saturated rings. The molecule has 1 aromatic carbocycles. The number of benzene rings is 1. The van der Waals surface area contributed by atoms with E-state index < -0.39 is 0 Å². The highest BCUT2D eigenvalue weighted by molar-refractivity contribution is 6.30. The Kier molecular flexibility index (Phi) is 4.47. The first-order chi connectivity index (χ1) is 9.16. The number of nitrogens with one attached hydrogen (secondary N) is 1. The fraction of sp³-hybridized carbons (Fsp3) is 0.143. The molecule has 0 aliphatic rings. The van der Waals surface area contributed by atoms with Crippen LogP contribution in [-0.2, 0) is 6.42 Å². The van der Waals surface area contributed by atoms with Crippen molar-refractivity contribution in [2.75, 3.05) is 6.54 Å². The van der Waals surface area contributed by atoms with Gasteiger partial charge in [-0.05, 0) is 42.3 Å². The summed E-state index contributed by atoms with van der Waals surface area (Å²) in [5, 5.41) is 3.19. The van der Waals surface area contributed by atoms with Crippen molar-refractivity contribution < 1.29 is 9.18 Å². The van der Waals surface area contributed by atoms with Crippen molar-refractivity contribution in [3.05, 3.63) is 64.7 Å². The summed E-state index contributed by atoms with van der Waals surface area (Å²) in [6, 6.07) is 7.73. The summed E-state index contributed by atoms with van der Waals surface area (Å²) in [6.45, 7) is 0.338. The van der Waals surface area contributed by atoms with E-state index in [0.717, 1.165) is 0 Å². The molecule has 1 N–H and O–H groups in total. The van der Waals surface area contributed by atoms with Crippen LogP contribution in [0.25, 0.3) is 0 Å². The van der Waals surface area contributed by atoms with Gasteiger partial charge in [0.15, 0.2) is 0 Å². The van der Waals surface area contributed by atoms with E-state index in [9.17, 15) is 9.18 Å². The number of hydrogen-bond acceptors (Lipinski definition) is 2. The van der Waals surface area contributed by atoms with Crippen LogP contribution in [0.15, 0.2) is 42.7 Å². The van der Waals surface area contributed by atoms with Crippen LogP contribution >= 0.6 is 11.6 Å². The number of nitrogens with zero attached hydrogens (tertiary/aromatic N) is 1. The second kappa shape index (κ2) is 6.29. The summed E-state index contributed by atoms with van der Waals surface area (Å²) in [5.74, 6) is -0.546. The number of amides is 1. The minimum Gasteiger partial charge on any atom is -0.352 e. The quantitative estimate of drug-likeness (QED) is 0.934. The molecular formula is C14H12ClFN2O. The average molecular weight is 279 g/mol. The molecule has 1 heterocycles. The molecule has 98 valence electrons. The maximum Gasteiger partial charge on any atom is 0.252 e. The number of rotatable bonds is 4. The van der Waals surface area contributed by atoms with Gasteiger partial charge >= 0.3 is 0 Å². The summed E-state index contributed by atoms with van der Waals surface area (Å²) in [6.07, 6.45) is 3.46. The Balaban J connectivity index is 1.90. The molecule has 0 saturated carbocycles. The summed E-state index contributed by atoms with van der Waals surface area (Å²) >= 11 is 5.79.